The predicted octanol–water partition coefficient (Wildman–Crippen LogP) is 5.71. The molecule has 0 bridgehead atoms. The SMILES string of the molecule is CCc1nc(C)c(C(=O)Nc2ccccc2Oc2ccccc2Cl)s1. The molecule has 1 N–H and O–H groups in total. The van der Waals surface area contributed by atoms with Crippen LogP contribution < -0.4 is 10.1 Å². The number of rotatable bonds is 5. The number of hydrogen-bond donors (Lipinski definition) is 1. The molecule has 0 aliphatic rings. The van der Waals surface area contributed by atoms with Gasteiger partial charge >= 0.3 is 0 Å². The summed E-state index contributed by atoms with van der Waals surface area (Å²) in [6.07, 6.45) is 0.811. The number of halogens is 1. The van der Waals surface area contributed by atoms with E-state index in [1.165, 1.54) is 11.3 Å². The fraction of sp³-hybridized carbons (Fsp3) is 0.158. The Hall–Kier alpha value is -2.37. The van der Waals surface area contributed by atoms with E-state index in [9.17, 15) is 4.79 Å². The van der Waals surface area contributed by atoms with Gasteiger partial charge < -0.3 is 10.1 Å². The van der Waals surface area contributed by atoms with Crippen LogP contribution in [0.2, 0.25) is 5.02 Å². The van der Waals surface area contributed by atoms with E-state index in [1.807, 2.05) is 38.1 Å². The summed E-state index contributed by atoms with van der Waals surface area (Å²) in [5.41, 5.74) is 1.32. The van der Waals surface area contributed by atoms with Gasteiger partial charge in [-0.15, -0.1) is 11.3 Å². The number of anilines is 1. The highest BCUT2D eigenvalue weighted by atomic mass is 35.5. The molecule has 0 saturated heterocycles. The fourth-order valence-corrected chi connectivity index (χ4v) is 3.37. The molecular weight excluding hydrogens is 356 g/mol. The summed E-state index contributed by atoms with van der Waals surface area (Å²) < 4.78 is 5.87. The Balaban J connectivity index is 1.84. The Morgan fingerprint density at radius 1 is 1.16 bits per heavy atom. The Bertz CT molecular complexity index is 908. The standard InChI is InChI=1S/C19H17ClN2O2S/c1-3-17-21-12(2)18(25-17)19(23)22-14-9-5-7-11-16(14)24-15-10-6-4-8-13(15)20/h4-11H,3H2,1-2H3,(H,22,23). The molecule has 6 heteroatoms. The zero-order chi connectivity index (χ0) is 17.8. The number of benzene rings is 2. The Morgan fingerprint density at radius 3 is 2.52 bits per heavy atom. The van der Waals surface area contributed by atoms with Crippen LogP contribution in [-0.2, 0) is 6.42 Å². The number of nitrogens with zero attached hydrogens (tertiary/aromatic N) is 1. The molecule has 0 aliphatic carbocycles. The molecule has 2 aromatic carbocycles. The average Bonchev–Trinajstić information content (AvgIpc) is 2.99. The van der Waals surface area contributed by atoms with E-state index in [1.54, 1.807) is 24.3 Å². The summed E-state index contributed by atoms with van der Waals surface area (Å²) in [4.78, 5) is 17.6. The summed E-state index contributed by atoms with van der Waals surface area (Å²) in [6, 6.07) is 14.5. The van der Waals surface area contributed by atoms with Crippen molar-refractivity contribution in [2.45, 2.75) is 20.3 Å². The molecule has 1 aromatic heterocycles. The topological polar surface area (TPSA) is 51.2 Å². The molecule has 0 atom stereocenters. The lowest BCUT2D eigenvalue weighted by Crippen LogP contribution is -2.12. The van der Waals surface area contributed by atoms with Gasteiger partial charge in [-0.2, -0.15) is 0 Å². The van der Waals surface area contributed by atoms with Crippen molar-refractivity contribution >= 4 is 34.5 Å². The molecule has 3 rings (SSSR count). The van der Waals surface area contributed by atoms with Crippen LogP contribution >= 0.6 is 22.9 Å². The summed E-state index contributed by atoms with van der Waals surface area (Å²) >= 11 is 7.56. The van der Waals surface area contributed by atoms with E-state index in [-0.39, 0.29) is 5.91 Å². The first-order chi connectivity index (χ1) is 12.1. The molecule has 0 fully saturated rings. The first-order valence-corrected chi connectivity index (χ1v) is 9.07. The number of aromatic nitrogens is 1. The summed E-state index contributed by atoms with van der Waals surface area (Å²) in [6.45, 7) is 3.86. The van der Waals surface area contributed by atoms with E-state index in [4.69, 9.17) is 16.3 Å². The van der Waals surface area contributed by atoms with Gasteiger partial charge in [0.05, 0.1) is 21.4 Å². The molecule has 0 spiro atoms. The van der Waals surface area contributed by atoms with Crippen LogP contribution in [0.3, 0.4) is 0 Å². The third-order valence-corrected chi connectivity index (χ3v) is 5.15. The van der Waals surface area contributed by atoms with Crippen LogP contribution in [0.4, 0.5) is 5.69 Å². The van der Waals surface area contributed by atoms with Gasteiger partial charge in [0, 0.05) is 0 Å². The van der Waals surface area contributed by atoms with Crippen LogP contribution in [0.1, 0.15) is 27.3 Å². The zero-order valence-electron chi connectivity index (χ0n) is 13.9. The van der Waals surface area contributed by atoms with Gasteiger partial charge in [-0.3, -0.25) is 4.79 Å². The maximum atomic E-state index is 12.6. The van der Waals surface area contributed by atoms with E-state index < -0.39 is 0 Å². The minimum atomic E-state index is -0.190. The molecule has 25 heavy (non-hydrogen) atoms. The highest BCUT2D eigenvalue weighted by molar-refractivity contribution is 7.13. The van der Waals surface area contributed by atoms with Crippen molar-refractivity contribution < 1.29 is 9.53 Å². The van der Waals surface area contributed by atoms with Gasteiger partial charge in [0.2, 0.25) is 0 Å². The molecule has 1 heterocycles. The third-order valence-electron chi connectivity index (χ3n) is 3.54. The second-order valence-corrected chi connectivity index (χ2v) is 6.85. The van der Waals surface area contributed by atoms with Crippen molar-refractivity contribution in [2.24, 2.45) is 0 Å². The van der Waals surface area contributed by atoms with Crippen molar-refractivity contribution in [3.8, 4) is 11.5 Å². The normalized spacial score (nSPS) is 10.5. The number of para-hydroxylation sites is 3. The monoisotopic (exact) mass is 372 g/mol. The second-order valence-electron chi connectivity index (χ2n) is 5.36. The Kier molecular flexibility index (Phi) is 5.36. The van der Waals surface area contributed by atoms with Crippen LogP contribution in [-0.4, -0.2) is 10.9 Å². The van der Waals surface area contributed by atoms with Gasteiger partial charge in [-0.25, -0.2) is 4.98 Å². The number of thiazole rings is 1. The minimum Gasteiger partial charge on any atom is -0.454 e. The Labute approximate surface area is 155 Å². The first kappa shape index (κ1) is 17.5. The fourth-order valence-electron chi connectivity index (χ4n) is 2.30. The summed E-state index contributed by atoms with van der Waals surface area (Å²) in [5, 5.41) is 4.36. The smallest absolute Gasteiger partial charge is 0.267 e. The van der Waals surface area contributed by atoms with Crippen LogP contribution in [0.25, 0.3) is 0 Å². The van der Waals surface area contributed by atoms with Gasteiger partial charge in [-0.1, -0.05) is 42.8 Å². The molecule has 0 radical (unpaired) electrons. The lowest BCUT2D eigenvalue weighted by atomic mass is 10.2. The Morgan fingerprint density at radius 2 is 1.84 bits per heavy atom. The third kappa shape index (κ3) is 4.00. The molecule has 4 nitrogen and oxygen atoms in total. The lowest BCUT2D eigenvalue weighted by molar-refractivity contribution is 0.102. The largest absolute Gasteiger partial charge is 0.454 e. The zero-order valence-corrected chi connectivity index (χ0v) is 15.4. The lowest BCUT2D eigenvalue weighted by Gasteiger charge is -2.12. The van der Waals surface area contributed by atoms with Crippen molar-refractivity contribution in [1.29, 1.82) is 0 Å². The molecule has 0 aliphatic heterocycles. The molecule has 1 amide bonds. The van der Waals surface area contributed by atoms with Crippen molar-refractivity contribution in [2.75, 3.05) is 5.32 Å². The number of hydrogen-bond acceptors (Lipinski definition) is 4. The number of amides is 1. The average molecular weight is 373 g/mol. The number of nitrogens with one attached hydrogen (secondary N) is 1. The van der Waals surface area contributed by atoms with Gasteiger partial charge in [0.1, 0.15) is 10.6 Å². The van der Waals surface area contributed by atoms with E-state index in [0.29, 0.717) is 27.1 Å². The van der Waals surface area contributed by atoms with E-state index in [2.05, 4.69) is 10.3 Å². The maximum Gasteiger partial charge on any atom is 0.267 e. The predicted molar refractivity (Wildman–Crippen MR) is 102 cm³/mol. The van der Waals surface area contributed by atoms with Gasteiger partial charge in [0.25, 0.3) is 5.91 Å². The van der Waals surface area contributed by atoms with Crippen LogP contribution in [0, 0.1) is 6.92 Å². The number of carbonyl (C=O) groups excluding carboxylic acids is 1. The highest BCUT2D eigenvalue weighted by Gasteiger charge is 2.17. The summed E-state index contributed by atoms with van der Waals surface area (Å²) in [5.74, 6) is 0.875. The van der Waals surface area contributed by atoms with Crippen LogP contribution in [0.15, 0.2) is 48.5 Å². The highest BCUT2D eigenvalue weighted by Crippen LogP contribution is 2.33. The second kappa shape index (κ2) is 7.68. The number of ether oxygens (including phenoxy) is 1. The molecule has 0 unspecified atom stereocenters. The molecular formula is C19H17ClN2O2S. The molecule has 0 saturated carbocycles. The molecule has 3 aromatic rings. The van der Waals surface area contributed by atoms with Crippen molar-refractivity contribution in [1.82, 2.24) is 4.98 Å². The van der Waals surface area contributed by atoms with Crippen molar-refractivity contribution in [3.05, 3.63) is 69.1 Å². The number of carbonyl (C=O) groups is 1. The maximum absolute atomic E-state index is 12.6. The van der Waals surface area contributed by atoms with Crippen molar-refractivity contribution in [3.63, 3.8) is 0 Å². The van der Waals surface area contributed by atoms with Crippen LogP contribution in [0.5, 0.6) is 11.5 Å². The van der Waals surface area contributed by atoms with E-state index >= 15 is 0 Å². The molecule has 128 valence electrons. The minimum absolute atomic E-state index is 0.190. The number of aryl methyl sites for hydroxylation is 2. The quantitative estimate of drug-likeness (QED) is 0.623. The summed E-state index contributed by atoms with van der Waals surface area (Å²) in [7, 11) is 0. The van der Waals surface area contributed by atoms with Gasteiger partial charge in [0.15, 0.2) is 5.75 Å². The van der Waals surface area contributed by atoms with Gasteiger partial charge in [-0.05, 0) is 37.6 Å². The first-order valence-electron chi connectivity index (χ1n) is 7.87. The van der Waals surface area contributed by atoms with E-state index in [0.717, 1.165) is 17.1 Å².